The zero-order chi connectivity index (χ0) is 22.8. The van der Waals surface area contributed by atoms with Crippen LogP contribution in [0.25, 0.3) is 5.57 Å². The number of pyridine rings is 1. The van der Waals surface area contributed by atoms with Crippen LogP contribution in [0.4, 0.5) is 5.69 Å². The molecular weight excluding hydrogens is 422 g/mol. The number of anilines is 1. The highest BCUT2D eigenvalue weighted by molar-refractivity contribution is 6.36. The van der Waals surface area contributed by atoms with Gasteiger partial charge in [-0.05, 0) is 29.8 Å². The first-order chi connectivity index (χ1) is 16.2. The standard InChI is InChI=1S/C25H21N3O5/c1-31-19-7-3-2-6-18(19)22-23(27-17-8-9-20-21(13-17)33-12-11-32-20)25(30)28(24(22)29)15-16-5-4-10-26-14-16/h2-10,13-14,27H,11-12,15H2,1H3. The molecular formula is C25H21N3O5. The van der Waals surface area contributed by atoms with E-state index in [0.29, 0.717) is 41.7 Å². The molecule has 0 saturated carbocycles. The van der Waals surface area contributed by atoms with Gasteiger partial charge >= 0.3 is 0 Å². The van der Waals surface area contributed by atoms with Gasteiger partial charge < -0.3 is 19.5 Å². The predicted molar refractivity (Wildman–Crippen MR) is 121 cm³/mol. The van der Waals surface area contributed by atoms with Crippen LogP contribution in [0.1, 0.15) is 11.1 Å². The SMILES string of the molecule is COc1ccccc1C1=C(Nc2ccc3c(c2)OCCO3)C(=O)N(Cc2cccnc2)C1=O. The zero-order valence-electron chi connectivity index (χ0n) is 17.9. The number of imide groups is 1. The van der Waals surface area contributed by atoms with Gasteiger partial charge in [0.2, 0.25) is 0 Å². The van der Waals surface area contributed by atoms with Crippen LogP contribution in [-0.2, 0) is 16.1 Å². The Bertz CT molecular complexity index is 1260. The normalized spacial score (nSPS) is 15.1. The minimum absolute atomic E-state index is 0.108. The van der Waals surface area contributed by atoms with Crippen molar-refractivity contribution in [1.29, 1.82) is 0 Å². The average Bonchev–Trinajstić information content (AvgIpc) is 3.08. The number of para-hydroxylation sites is 1. The van der Waals surface area contributed by atoms with Gasteiger partial charge in [-0.3, -0.25) is 19.5 Å². The maximum Gasteiger partial charge on any atom is 0.278 e. The summed E-state index contributed by atoms with van der Waals surface area (Å²) in [5, 5.41) is 3.15. The summed E-state index contributed by atoms with van der Waals surface area (Å²) >= 11 is 0. The van der Waals surface area contributed by atoms with E-state index in [2.05, 4.69) is 10.3 Å². The maximum atomic E-state index is 13.5. The van der Waals surface area contributed by atoms with Crippen LogP contribution < -0.4 is 19.5 Å². The van der Waals surface area contributed by atoms with Gasteiger partial charge in [-0.1, -0.05) is 24.3 Å². The van der Waals surface area contributed by atoms with E-state index in [-0.39, 0.29) is 17.8 Å². The summed E-state index contributed by atoms with van der Waals surface area (Å²) in [7, 11) is 1.53. The number of fused-ring (bicyclic) bond motifs is 1. The summed E-state index contributed by atoms with van der Waals surface area (Å²) in [6, 6.07) is 16.0. The highest BCUT2D eigenvalue weighted by atomic mass is 16.6. The largest absolute Gasteiger partial charge is 0.496 e. The number of rotatable bonds is 6. The van der Waals surface area contributed by atoms with Gasteiger partial charge in [-0.25, -0.2) is 0 Å². The van der Waals surface area contributed by atoms with Gasteiger partial charge in [-0.15, -0.1) is 0 Å². The van der Waals surface area contributed by atoms with Crippen LogP contribution in [0.3, 0.4) is 0 Å². The van der Waals surface area contributed by atoms with E-state index in [9.17, 15) is 9.59 Å². The second-order valence-corrected chi connectivity index (χ2v) is 7.49. The van der Waals surface area contributed by atoms with Crippen LogP contribution in [0, 0.1) is 0 Å². The molecule has 2 aromatic carbocycles. The third-order valence-corrected chi connectivity index (χ3v) is 5.42. The van der Waals surface area contributed by atoms with Gasteiger partial charge in [0, 0.05) is 29.7 Å². The molecule has 2 amide bonds. The lowest BCUT2D eigenvalue weighted by Crippen LogP contribution is -2.32. The van der Waals surface area contributed by atoms with Gasteiger partial charge in [0.1, 0.15) is 24.7 Å². The first-order valence-corrected chi connectivity index (χ1v) is 10.4. The fourth-order valence-corrected chi connectivity index (χ4v) is 3.88. The lowest BCUT2D eigenvalue weighted by molar-refractivity contribution is -0.137. The highest BCUT2D eigenvalue weighted by Crippen LogP contribution is 2.38. The number of methoxy groups -OCH3 is 1. The van der Waals surface area contributed by atoms with Crippen molar-refractivity contribution in [3.8, 4) is 17.2 Å². The maximum absolute atomic E-state index is 13.5. The van der Waals surface area contributed by atoms with E-state index in [4.69, 9.17) is 14.2 Å². The van der Waals surface area contributed by atoms with Crippen LogP contribution in [0.5, 0.6) is 17.2 Å². The Labute approximate surface area is 190 Å². The Hall–Kier alpha value is -4.33. The summed E-state index contributed by atoms with van der Waals surface area (Å²) < 4.78 is 16.7. The first kappa shape index (κ1) is 20.6. The molecule has 8 nitrogen and oxygen atoms in total. The second-order valence-electron chi connectivity index (χ2n) is 7.49. The van der Waals surface area contributed by atoms with Crippen LogP contribution in [0.2, 0.25) is 0 Å². The Morgan fingerprint density at radius 3 is 2.61 bits per heavy atom. The van der Waals surface area contributed by atoms with Crippen molar-refractivity contribution in [3.63, 3.8) is 0 Å². The van der Waals surface area contributed by atoms with E-state index >= 15 is 0 Å². The van der Waals surface area contributed by atoms with E-state index in [1.54, 1.807) is 54.9 Å². The lowest BCUT2D eigenvalue weighted by atomic mass is 10.0. The van der Waals surface area contributed by atoms with Crippen molar-refractivity contribution >= 4 is 23.1 Å². The molecule has 0 atom stereocenters. The molecule has 2 aliphatic heterocycles. The average molecular weight is 443 g/mol. The fraction of sp³-hybridized carbons (Fsp3) is 0.160. The minimum atomic E-state index is -0.431. The highest BCUT2D eigenvalue weighted by Gasteiger charge is 2.40. The molecule has 8 heteroatoms. The van der Waals surface area contributed by atoms with Crippen LogP contribution in [0.15, 0.2) is 72.7 Å². The quantitative estimate of drug-likeness (QED) is 0.585. The zero-order valence-corrected chi connectivity index (χ0v) is 17.9. The number of carbonyl (C=O) groups excluding carboxylic acids is 2. The Balaban J connectivity index is 1.56. The number of ether oxygens (including phenoxy) is 3. The van der Waals surface area contributed by atoms with E-state index in [0.717, 1.165) is 5.56 Å². The van der Waals surface area contributed by atoms with Crippen molar-refractivity contribution in [3.05, 3.63) is 83.8 Å². The second kappa shape index (κ2) is 8.66. The summed E-state index contributed by atoms with van der Waals surface area (Å²) in [6.07, 6.45) is 3.28. The molecule has 1 aromatic heterocycles. The molecule has 0 fully saturated rings. The molecule has 0 aliphatic carbocycles. The number of aromatic nitrogens is 1. The van der Waals surface area contributed by atoms with Crippen molar-refractivity contribution in [2.45, 2.75) is 6.54 Å². The van der Waals surface area contributed by atoms with E-state index < -0.39 is 11.8 Å². The summed E-state index contributed by atoms with van der Waals surface area (Å²) in [5.74, 6) is 0.874. The number of hydrogen-bond donors (Lipinski definition) is 1. The Morgan fingerprint density at radius 1 is 1.00 bits per heavy atom. The summed E-state index contributed by atoms with van der Waals surface area (Å²) in [4.78, 5) is 32.3. The van der Waals surface area contributed by atoms with Gasteiger partial charge in [0.05, 0.1) is 19.2 Å². The fourth-order valence-electron chi connectivity index (χ4n) is 3.88. The topological polar surface area (TPSA) is 90.0 Å². The van der Waals surface area contributed by atoms with Crippen LogP contribution in [-0.4, -0.2) is 42.0 Å². The minimum Gasteiger partial charge on any atom is -0.496 e. The lowest BCUT2D eigenvalue weighted by Gasteiger charge is -2.19. The van der Waals surface area contributed by atoms with Crippen molar-refractivity contribution in [1.82, 2.24) is 9.88 Å². The monoisotopic (exact) mass is 443 g/mol. The molecule has 0 spiro atoms. The number of amides is 2. The van der Waals surface area contributed by atoms with Gasteiger partial charge in [0.15, 0.2) is 11.5 Å². The first-order valence-electron chi connectivity index (χ1n) is 10.4. The van der Waals surface area contributed by atoms with Crippen molar-refractivity contribution < 1.29 is 23.8 Å². The third-order valence-electron chi connectivity index (χ3n) is 5.42. The van der Waals surface area contributed by atoms with Gasteiger partial charge in [0.25, 0.3) is 11.8 Å². The van der Waals surface area contributed by atoms with Crippen molar-refractivity contribution in [2.75, 3.05) is 25.6 Å². The molecule has 5 rings (SSSR count). The number of nitrogens with one attached hydrogen (secondary N) is 1. The number of benzene rings is 2. The number of hydrogen-bond acceptors (Lipinski definition) is 7. The molecule has 1 N–H and O–H groups in total. The summed E-state index contributed by atoms with van der Waals surface area (Å²) in [5.41, 5.74) is 2.30. The van der Waals surface area contributed by atoms with E-state index in [1.165, 1.54) is 12.0 Å². The molecule has 166 valence electrons. The Morgan fingerprint density at radius 2 is 1.82 bits per heavy atom. The van der Waals surface area contributed by atoms with Crippen molar-refractivity contribution in [2.24, 2.45) is 0 Å². The Kier molecular flexibility index (Phi) is 5.40. The summed E-state index contributed by atoms with van der Waals surface area (Å²) in [6.45, 7) is 1.04. The molecule has 3 heterocycles. The van der Waals surface area contributed by atoms with Crippen LogP contribution >= 0.6 is 0 Å². The molecule has 0 saturated heterocycles. The number of nitrogens with zero attached hydrogens (tertiary/aromatic N) is 2. The number of carbonyl (C=O) groups is 2. The molecule has 0 radical (unpaired) electrons. The molecule has 3 aromatic rings. The smallest absolute Gasteiger partial charge is 0.278 e. The predicted octanol–water partition coefficient (Wildman–Crippen LogP) is 3.25. The molecule has 0 unspecified atom stereocenters. The van der Waals surface area contributed by atoms with E-state index in [1.807, 2.05) is 12.1 Å². The third kappa shape index (κ3) is 3.87. The van der Waals surface area contributed by atoms with Gasteiger partial charge in [-0.2, -0.15) is 0 Å². The molecule has 2 aliphatic rings. The molecule has 33 heavy (non-hydrogen) atoms. The molecule has 0 bridgehead atoms.